The Labute approximate surface area is 174 Å². The number of nitrogens with zero attached hydrogens (tertiary/aromatic N) is 1. The Morgan fingerprint density at radius 1 is 1.34 bits per heavy atom. The lowest BCUT2D eigenvalue weighted by Gasteiger charge is -2.20. The van der Waals surface area contributed by atoms with E-state index in [9.17, 15) is 18.3 Å². The standard InChI is InChI=1S/C20H26N2O5S2/c1-29(26,27)15-8-4-7-14(10-15)16(9-13-5-2-3-6-13)19(25)22-20-21-17(12-28-20)18(24)11-23/h4,7-8,10,12-13,16,18,23-24H,2-3,5-6,9,11H2,1H3,(H,21,22,25). The molecule has 9 heteroatoms. The lowest BCUT2D eigenvalue weighted by atomic mass is 9.87. The minimum absolute atomic E-state index is 0.196. The van der Waals surface area contributed by atoms with Gasteiger partial charge in [-0.3, -0.25) is 4.79 Å². The molecule has 1 aliphatic rings. The van der Waals surface area contributed by atoms with E-state index >= 15 is 0 Å². The fourth-order valence-electron chi connectivity index (χ4n) is 3.72. The molecule has 1 fully saturated rings. The number of aliphatic hydroxyl groups excluding tert-OH is 2. The Morgan fingerprint density at radius 3 is 2.72 bits per heavy atom. The zero-order chi connectivity index (χ0) is 21.0. The van der Waals surface area contributed by atoms with Crippen LogP contribution in [-0.2, 0) is 14.6 Å². The Bertz CT molecular complexity index is 951. The number of carbonyl (C=O) groups excluding carboxylic acids is 1. The number of carbonyl (C=O) groups is 1. The maximum atomic E-state index is 13.1. The first kappa shape index (κ1) is 21.9. The fraction of sp³-hybridized carbons (Fsp3) is 0.500. The number of amides is 1. The van der Waals surface area contributed by atoms with E-state index in [4.69, 9.17) is 5.11 Å². The van der Waals surface area contributed by atoms with Crippen molar-refractivity contribution in [2.45, 2.75) is 49.0 Å². The third-order valence-electron chi connectivity index (χ3n) is 5.32. The van der Waals surface area contributed by atoms with Crippen LogP contribution >= 0.6 is 11.3 Å². The minimum atomic E-state index is -3.37. The van der Waals surface area contributed by atoms with Gasteiger partial charge in [0.2, 0.25) is 5.91 Å². The first-order valence-corrected chi connectivity index (χ1v) is 12.4. The summed E-state index contributed by atoms with van der Waals surface area (Å²) in [5.41, 5.74) is 0.976. The second-order valence-electron chi connectivity index (χ2n) is 7.55. The molecule has 29 heavy (non-hydrogen) atoms. The molecular weight excluding hydrogens is 412 g/mol. The number of aromatic nitrogens is 1. The normalized spacial score (nSPS) is 17.2. The molecule has 0 spiro atoms. The number of nitrogens with one attached hydrogen (secondary N) is 1. The van der Waals surface area contributed by atoms with Crippen molar-refractivity contribution < 1.29 is 23.4 Å². The number of rotatable bonds is 8. The van der Waals surface area contributed by atoms with Crippen LogP contribution in [0.1, 0.15) is 55.4 Å². The topological polar surface area (TPSA) is 117 Å². The lowest BCUT2D eigenvalue weighted by molar-refractivity contribution is -0.118. The molecule has 0 aliphatic heterocycles. The first-order valence-electron chi connectivity index (χ1n) is 9.63. The van der Waals surface area contributed by atoms with Gasteiger partial charge in [0.05, 0.1) is 23.1 Å². The van der Waals surface area contributed by atoms with Gasteiger partial charge in [0, 0.05) is 11.6 Å². The Balaban J connectivity index is 1.85. The van der Waals surface area contributed by atoms with E-state index in [0.29, 0.717) is 28.7 Å². The van der Waals surface area contributed by atoms with Crippen molar-refractivity contribution in [1.82, 2.24) is 4.98 Å². The molecule has 0 bridgehead atoms. The third kappa shape index (κ3) is 5.63. The van der Waals surface area contributed by atoms with Gasteiger partial charge in [-0.05, 0) is 30.0 Å². The van der Waals surface area contributed by atoms with Crippen molar-refractivity contribution >= 4 is 32.2 Å². The molecule has 3 rings (SSSR count). The van der Waals surface area contributed by atoms with Gasteiger partial charge in [-0.15, -0.1) is 11.3 Å². The predicted molar refractivity (Wildman–Crippen MR) is 112 cm³/mol. The highest BCUT2D eigenvalue weighted by Crippen LogP contribution is 2.35. The number of sulfone groups is 1. The van der Waals surface area contributed by atoms with E-state index in [1.165, 1.54) is 17.4 Å². The Morgan fingerprint density at radius 2 is 2.07 bits per heavy atom. The first-order chi connectivity index (χ1) is 13.8. The third-order valence-corrected chi connectivity index (χ3v) is 7.20. The van der Waals surface area contributed by atoms with Gasteiger partial charge >= 0.3 is 0 Å². The summed E-state index contributed by atoms with van der Waals surface area (Å²) < 4.78 is 23.9. The summed E-state index contributed by atoms with van der Waals surface area (Å²) in [4.78, 5) is 17.5. The summed E-state index contributed by atoms with van der Waals surface area (Å²) in [6, 6.07) is 6.57. The summed E-state index contributed by atoms with van der Waals surface area (Å²) in [5.74, 6) is -0.312. The maximum absolute atomic E-state index is 13.1. The molecule has 2 unspecified atom stereocenters. The van der Waals surface area contributed by atoms with Crippen molar-refractivity contribution in [2.24, 2.45) is 5.92 Å². The van der Waals surface area contributed by atoms with Gasteiger partial charge in [0.1, 0.15) is 6.10 Å². The molecular formula is C20H26N2O5S2. The van der Waals surface area contributed by atoms with Crippen LogP contribution in [0.15, 0.2) is 34.5 Å². The molecule has 1 aromatic heterocycles. The van der Waals surface area contributed by atoms with Gasteiger partial charge in [0.15, 0.2) is 15.0 Å². The second kappa shape index (κ2) is 9.34. The van der Waals surface area contributed by atoms with E-state index in [2.05, 4.69) is 10.3 Å². The maximum Gasteiger partial charge on any atom is 0.233 e. The summed E-state index contributed by atoms with van der Waals surface area (Å²) in [7, 11) is -3.37. The van der Waals surface area contributed by atoms with Gasteiger partial charge in [-0.25, -0.2) is 13.4 Å². The molecule has 2 aromatic rings. The largest absolute Gasteiger partial charge is 0.393 e. The molecule has 1 aromatic carbocycles. The molecule has 158 valence electrons. The van der Waals surface area contributed by atoms with Crippen LogP contribution in [0, 0.1) is 5.92 Å². The summed E-state index contributed by atoms with van der Waals surface area (Å²) in [6.07, 6.45) is 5.16. The monoisotopic (exact) mass is 438 g/mol. The van der Waals surface area contributed by atoms with Crippen LogP contribution in [0.3, 0.4) is 0 Å². The highest BCUT2D eigenvalue weighted by Gasteiger charge is 2.28. The van der Waals surface area contributed by atoms with Crippen LogP contribution in [-0.4, -0.2) is 42.4 Å². The van der Waals surface area contributed by atoms with E-state index in [-0.39, 0.29) is 10.8 Å². The molecule has 1 amide bonds. The van der Waals surface area contributed by atoms with Crippen LogP contribution in [0.25, 0.3) is 0 Å². The van der Waals surface area contributed by atoms with E-state index in [1.54, 1.807) is 23.6 Å². The summed E-state index contributed by atoms with van der Waals surface area (Å²) in [5, 5.41) is 23.5. The smallest absolute Gasteiger partial charge is 0.233 e. The average Bonchev–Trinajstić information content (AvgIpc) is 3.37. The zero-order valence-electron chi connectivity index (χ0n) is 16.2. The Hall–Kier alpha value is -1.81. The molecule has 1 heterocycles. The molecule has 0 radical (unpaired) electrons. The van der Waals surface area contributed by atoms with E-state index in [1.807, 2.05) is 0 Å². The molecule has 0 saturated heterocycles. The number of hydrogen-bond donors (Lipinski definition) is 3. The van der Waals surface area contributed by atoms with Gasteiger partial charge in [-0.2, -0.15) is 0 Å². The molecule has 1 saturated carbocycles. The number of aliphatic hydroxyl groups is 2. The van der Waals surface area contributed by atoms with Crippen molar-refractivity contribution in [1.29, 1.82) is 0 Å². The van der Waals surface area contributed by atoms with Crippen molar-refractivity contribution in [2.75, 3.05) is 18.2 Å². The average molecular weight is 439 g/mol. The van der Waals surface area contributed by atoms with Crippen LogP contribution in [0.5, 0.6) is 0 Å². The molecule has 2 atom stereocenters. The molecule has 3 N–H and O–H groups in total. The quantitative estimate of drug-likeness (QED) is 0.583. The van der Waals surface area contributed by atoms with Gasteiger partial charge < -0.3 is 15.5 Å². The highest BCUT2D eigenvalue weighted by molar-refractivity contribution is 7.90. The van der Waals surface area contributed by atoms with Crippen molar-refractivity contribution in [3.63, 3.8) is 0 Å². The number of thiazole rings is 1. The zero-order valence-corrected chi connectivity index (χ0v) is 17.9. The van der Waals surface area contributed by atoms with Crippen molar-refractivity contribution in [3.05, 3.63) is 40.9 Å². The molecule has 7 nitrogen and oxygen atoms in total. The van der Waals surface area contributed by atoms with Gasteiger partial charge in [-0.1, -0.05) is 37.8 Å². The second-order valence-corrected chi connectivity index (χ2v) is 10.4. The van der Waals surface area contributed by atoms with Crippen LogP contribution in [0.2, 0.25) is 0 Å². The summed E-state index contributed by atoms with van der Waals surface area (Å²) >= 11 is 1.17. The fourth-order valence-corrected chi connectivity index (χ4v) is 5.15. The van der Waals surface area contributed by atoms with Gasteiger partial charge in [0.25, 0.3) is 0 Å². The number of benzene rings is 1. The summed E-state index contributed by atoms with van der Waals surface area (Å²) in [6.45, 7) is -0.445. The lowest BCUT2D eigenvalue weighted by Crippen LogP contribution is -2.23. The van der Waals surface area contributed by atoms with Crippen molar-refractivity contribution in [3.8, 4) is 0 Å². The predicted octanol–water partition coefficient (Wildman–Crippen LogP) is 2.87. The highest BCUT2D eigenvalue weighted by atomic mass is 32.2. The van der Waals surface area contributed by atoms with Crippen LogP contribution < -0.4 is 5.32 Å². The number of anilines is 1. The molecule has 1 aliphatic carbocycles. The van der Waals surface area contributed by atoms with Crippen LogP contribution in [0.4, 0.5) is 5.13 Å². The van der Waals surface area contributed by atoms with E-state index < -0.39 is 28.5 Å². The number of hydrogen-bond acceptors (Lipinski definition) is 7. The minimum Gasteiger partial charge on any atom is -0.393 e. The SMILES string of the molecule is CS(=O)(=O)c1cccc(C(CC2CCCC2)C(=O)Nc2nc(C(O)CO)cs2)c1. The Kier molecular flexibility index (Phi) is 7.05. The van der Waals surface area contributed by atoms with E-state index in [0.717, 1.165) is 31.9 Å².